The molecule has 0 aliphatic heterocycles. The Morgan fingerprint density at radius 1 is 1.24 bits per heavy atom. The number of aliphatic hydroxyl groups excluding tert-OH is 1. The Hall–Kier alpha value is -1.92. The fraction of sp³-hybridized carbons (Fsp3) is 0.467. The molecule has 2 atom stereocenters. The minimum Gasteiger partial charge on any atom is -0.394 e. The number of rotatable bonds is 7. The molecule has 1 aromatic carbocycles. The molecule has 5 N–H and O–H groups in total. The molecule has 6 heteroatoms. The predicted octanol–water partition coefficient (Wildman–Crippen LogP) is -0.0643. The van der Waals surface area contributed by atoms with Crippen molar-refractivity contribution in [2.45, 2.75) is 25.9 Å². The van der Waals surface area contributed by atoms with Crippen molar-refractivity contribution >= 4 is 11.8 Å². The van der Waals surface area contributed by atoms with Gasteiger partial charge in [0.1, 0.15) is 0 Å². The summed E-state index contributed by atoms with van der Waals surface area (Å²) in [5, 5.41) is 14.5. The standard InChI is InChI=1S/C15H23N3O3/c1-10(2)14(16)15(21)17-8-13(20)18-12(9-19)11-6-4-3-5-7-11/h3-7,10,12,14,19H,8-9,16H2,1-2H3,(H,17,21)(H,18,20)/t12-,14+/m1/s1. The third kappa shape index (κ3) is 5.53. The molecule has 21 heavy (non-hydrogen) atoms. The average Bonchev–Trinajstić information content (AvgIpc) is 2.50. The first-order chi connectivity index (χ1) is 9.95. The Morgan fingerprint density at radius 2 is 1.86 bits per heavy atom. The van der Waals surface area contributed by atoms with E-state index in [4.69, 9.17) is 5.73 Å². The second-order valence-corrected chi connectivity index (χ2v) is 5.20. The number of benzene rings is 1. The van der Waals surface area contributed by atoms with Gasteiger partial charge in [0.05, 0.1) is 25.2 Å². The highest BCUT2D eigenvalue weighted by Crippen LogP contribution is 2.11. The first-order valence-electron chi connectivity index (χ1n) is 6.94. The van der Waals surface area contributed by atoms with E-state index >= 15 is 0 Å². The summed E-state index contributed by atoms with van der Waals surface area (Å²) in [6.45, 7) is 3.29. The number of carbonyl (C=O) groups excluding carboxylic acids is 2. The van der Waals surface area contributed by atoms with Crippen LogP contribution in [0.5, 0.6) is 0 Å². The van der Waals surface area contributed by atoms with Gasteiger partial charge in [0.2, 0.25) is 11.8 Å². The van der Waals surface area contributed by atoms with Crippen LogP contribution in [0.3, 0.4) is 0 Å². The zero-order chi connectivity index (χ0) is 15.8. The number of aliphatic hydroxyl groups is 1. The van der Waals surface area contributed by atoms with E-state index in [0.29, 0.717) is 0 Å². The molecule has 0 aliphatic carbocycles. The molecule has 0 aliphatic rings. The van der Waals surface area contributed by atoms with Crippen LogP contribution in [0.4, 0.5) is 0 Å². The van der Waals surface area contributed by atoms with Crippen LogP contribution in [0.25, 0.3) is 0 Å². The van der Waals surface area contributed by atoms with Crippen molar-refractivity contribution in [2.75, 3.05) is 13.2 Å². The molecule has 1 rings (SSSR count). The minimum atomic E-state index is -0.638. The Balaban J connectivity index is 2.47. The van der Waals surface area contributed by atoms with Crippen LogP contribution >= 0.6 is 0 Å². The lowest BCUT2D eigenvalue weighted by Crippen LogP contribution is -2.47. The molecule has 116 valence electrons. The van der Waals surface area contributed by atoms with E-state index in [1.807, 2.05) is 44.2 Å². The fourth-order valence-electron chi connectivity index (χ4n) is 1.75. The summed E-state index contributed by atoms with van der Waals surface area (Å²) in [6.07, 6.45) is 0. The molecular weight excluding hydrogens is 270 g/mol. The van der Waals surface area contributed by atoms with Gasteiger partial charge in [0.25, 0.3) is 0 Å². The van der Waals surface area contributed by atoms with Gasteiger partial charge in [-0.05, 0) is 11.5 Å². The smallest absolute Gasteiger partial charge is 0.239 e. The molecule has 0 heterocycles. The lowest BCUT2D eigenvalue weighted by Gasteiger charge is -2.18. The average molecular weight is 293 g/mol. The number of nitrogens with two attached hydrogens (primary N) is 1. The van der Waals surface area contributed by atoms with E-state index in [9.17, 15) is 14.7 Å². The van der Waals surface area contributed by atoms with Gasteiger partial charge in [-0.25, -0.2) is 0 Å². The summed E-state index contributed by atoms with van der Waals surface area (Å²) < 4.78 is 0. The first-order valence-corrected chi connectivity index (χ1v) is 6.94. The Morgan fingerprint density at radius 3 is 2.38 bits per heavy atom. The first kappa shape index (κ1) is 17.1. The molecule has 0 bridgehead atoms. The van der Waals surface area contributed by atoms with E-state index in [-0.39, 0.29) is 30.9 Å². The predicted molar refractivity (Wildman–Crippen MR) is 80.2 cm³/mol. The Kier molecular flexibility index (Phi) is 6.84. The van der Waals surface area contributed by atoms with Crippen molar-refractivity contribution in [3.05, 3.63) is 35.9 Å². The molecule has 0 saturated carbocycles. The molecule has 0 spiro atoms. The quantitative estimate of drug-likeness (QED) is 0.565. The maximum Gasteiger partial charge on any atom is 0.239 e. The summed E-state index contributed by atoms with van der Waals surface area (Å²) in [6, 6.07) is 8.01. The van der Waals surface area contributed by atoms with Crippen LogP contribution in [0, 0.1) is 5.92 Å². The normalized spacial score (nSPS) is 13.6. The number of amides is 2. The second kappa shape index (κ2) is 8.39. The van der Waals surface area contributed by atoms with E-state index in [1.54, 1.807) is 0 Å². The molecule has 0 radical (unpaired) electrons. The lowest BCUT2D eigenvalue weighted by atomic mass is 10.1. The van der Waals surface area contributed by atoms with Gasteiger partial charge in [0.15, 0.2) is 0 Å². The summed E-state index contributed by atoms with van der Waals surface area (Å²) >= 11 is 0. The number of hydrogen-bond acceptors (Lipinski definition) is 4. The highest BCUT2D eigenvalue weighted by Gasteiger charge is 2.18. The van der Waals surface area contributed by atoms with Crippen LogP contribution in [0.15, 0.2) is 30.3 Å². The summed E-state index contributed by atoms with van der Waals surface area (Å²) in [5.74, 6) is -0.731. The topological polar surface area (TPSA) is 104 Å². The van der Waals surface area contributed by atoms with Gasteiger partial charge < -0.3 is 21.5 Å². The maximum atomic E-state index is 11.8. The fourth-order valence-corrected chi connectivity index (χ4v) is 1.75. The molecule has 2 amide bonds. The van der Waals surface area contributed by atoms with Gasteiger partial charge in [-0.2, -0.15) is 0 Å². The van der Waals surface area contributed by atoms with E-state index < -0.39 is 12.1 Å². The highest BCUT2D eigenvalue weighted by molar-refractivity contribution is 5.87. The molecule has 0 fully saturated rings. The van der Waals surface area contributed by atoms with Crippen LogP contribution < -0.4 is 16.4 Å². The number of hydrogen-bond donors (Lipinski definition) is 4. The Labute approximate surface area is 124 Å². The molecule has 0 saturated heterocycles. The van der Waals surface area contributed by atoms with Crippen molar-refractivity contribution in [3.63, 3.8) is 0 Å². The molecule has 1 aromatic rings. The van der Waals surface area contributed by atoms with Gasteiger partial charge in [-0.15, -0.1) is 0 Å². The van der Waals surface area contributed by atoms with Crippen LogP contribution in [-0.2, 0) is 9.59 Å². The van der Waals surface area contributed by atoms with Gasteiger partial charge >= 0.3 is 0 Å². The third-order valence-electron chi connectivity index (χ3n) is 3.16. The van der Waals surface area contributed by atoms with Crippen LogP contribution in [-0.4, -0.2) is 36.1 Å². The van der Waals surface area contributed by atoms with Crippen molar-refractivity contribution in [1.29, 1.82) is 0 Å². The van der Waals surface area contributed by atoms with Gasteiger partial charge in [-0.1, -0.05) is 44.2 Å². The van der Waals surface area contributed by atoms with Gasteiger partial charge in [0, 0.05) is 0 Å². The van der Waals surface area contributed by atoms with Crippen molar-refractivity contribution in [1.82, 2.24) is 10.6 Å². The largest absolute Gasteiger partial charge is 0.394 e. The summed E-state index contributed by atoms with van der Waals surface area (Å²) in [5.41, 5.74) is 6.49. The molecule has 6 nitrogen and oxygen atoms in total. The minimum absolute atomic E-state index is 0.00238. The molecule has 0 aromatic heterocycles. The SMILES string of the molecule is CC(C)[C@H](N)C(=O)NCC(=O)N[C@H](CO)c1ccccc1. The van der Waals surface area contributed by atoms with Crippen molar-refractivity contribution in [3.8, 4) is 0 Å². The Bertz CT molecular complexity index is 462. The van der Waals surface area contributed by atoms with Crippen molar-refractivity contribution in [2.24, 2.45) is 11.7 Å². The highest BCUT2D eigenvalue weighted by atomic mass is 16.3. The van der Waals surface area contributed by atoms with E-state index in [1.165, 1.54) is 0 Å². The summed E-state index contributed by atoms with van der Waals surface area (Å²) in [7, 11) is 0. The third-order valence-corrected chi connectivity index (χ3v) is 3.16. The zero-order valence-electron chi connectivity index (χ0n) is 12.4. The molecular formula is C15H23N3O3. The maximum absolute atomic E-state index is 11.8. The number of carbonyl (C=O) groups is 2. The second-order valence-electron chi connectivity index (χ2n) is 5.20. The van der Waals surface area contributed by atoms with Crippen LogP contribution in [0.2, 0.25) is 0 Å². The van der Waals surface area contributed by atoms with Gasteiger partial charge in [-0.3, -0.25) is 9.59 Å². The van der Waals surface area contributed by atoms with Crippen LogP contribution in [0.1, 0.15) is 25.5 Å². The monoisotopic (exact) mass is 293 g/mol. The van der Waals surface area contributed by atoms with Crippen molar-refractivity contribution < 1.29 is 14.7 Å². The molecule has 0 unspecified atom stereocenters. The summed E-state index contributed by atoms with van der Waals surface area (Å²) in [4.78, 5) is 23.5. The lowest BCUT2D eigenvalue weighted by molar-refractivity contribution is -0.127. The zero-order valence-corrected chi connectivity index (χ0v) is 12.4. The number of nitrogens with one attached hydrogen (secondary N) is 2. The van der Waals surface area contributed by atoms with E-state index in [2.05, 4.69) is 10.6 Å². The van der Waals surface area contributed by atoms with E-state index in [0.717, 1.165) is 5.56 Å².